The van der Waals surface area contributed by atoms with Crippen LogP contribution >= 0.6 is 11.6 Å². The summed E-state index contributed by atoms with van der Waals surface area (Å²) < 4.78 is 5.36. The van der Waals surface area contributed by atoms with Gasteiger partial charge in [-0.15, -0.1) is 11.6 Å². The van der Waals surface area contributed by atoms with Crippen LogP contribution in [0.25, 0.3) is 0 Å². The van der Waals surface area contributed by atoms with Gasteiger partial charge in [-0.25, -0.2) is 0 Å². The van der Waals surface area contributed by atoms with Crippen LogP contribution in [0.3, 0.4) is 0 Å². The van der Waals surface area contributed by atoms with Gasteiger partial charge in [0.25, 0.3) is 0 Å². The molecule has 94 valence electrons. The minimum Gasteiger partial charge on any atom is -0.478 e. The van der Waals surface area contributed by atoms with Gasteiger partial charge in [0.1, 0.15) is 5.82 Å². The lowest BCUT2D eigenvalue weighted by atomic mass is 10.1. The summed E-state index contributed by atoms with van der Waals surface area (Å²) in [6.45, 7) is 3.56. The van der Waals surface area contributed by atoms with Crippen LogP contribution < -0.4 is 10.1 Å². The van der Waals surface area contributed by atoms with Crippen molar-refractivity contribution in [2.24, 2.45) is 5.92 Å². The highest BCUT2D eigenvalue weighted by molar-refractivity contribution is 6.20. The summed E-state index contributed by atoms with van der Waals surface area (Å²) in [6.07, 6.45) is 3.46. The standard InChI is InChI=1S/C13H19ClN2O/c1-2-17-13-5-3-4-12(16-13)15-9-10-6-7-11(14)8-10/h3-5,10-11H,2,6-9H2,1H3,(H,15,16). The molecule has 0 aromatic carbocycles. The molecule has 0 spiro atoms. The van der Waals surface area contributed by atoms with Crippen LogP contribution in [0, 0.1) is 5.92 Å². The van der Waals surface area contributed by atoms with E-state index in [0.29, 0.717) is 23.8 Å². The topological polar surface area (TPSA) is 34.1 Å². The van der Waals surface area contributed by atoms with Gasteiger partial charge >= 0.3 is 0 Å². The van der Waals surface area contributed by atoms with Gasteiger partial charge in [-0.05, 0) is 38.2 Å². The molecule has 1 aliphatic rings. The Morgan fingerprint density at radius 2 is 2.35 bits per heavy atom. The molecule has 4 heteroatoms. The van der Waals surface area contributed by atoms with Crippen LogP contribution in [-0.2, 0) is 0 Å². The molecule has 1 N–H and O–H groups in total. The normalized spacial score (nSPS) is 23.6. The lowest BCUT2D eigenvalue weighted by Gasteiger charge is -2.12. The first-order valence-corrected chi connectivity index (χ1v) is 6.69. The average Bonchev–Trinajstić information content (AvgIpc) is 2.74. The van der Waals surface area contributed by atoms with E-state index in [0.717, 1.165) is 25.2 Å². The number of nitrogens with one attached hydrogen (secondary N) is 1. The second-order valence-corrected chi connectivity index (χ2v) is 5.07. The van der Waals surface area contributed by atoms with Gasteiger partial charge in [-0.3, -0.25) is 0 Å². The van der Waals surface area contributed by atoms with Gasteiger partial charge in [0.05, 0.1) is 6.61 Å². The molecule has 17 heavy (non-hydrogen) atoms. The van der Waals surface area contributed by atoms with Crippen molar-refractivity contribution < 1.29 is 4.74 Å². The highest BCUT2D eigenvalue weighted by Crippen LogP contribution is 2.29. The fourth-order valence-corrected chi connectivity index (χ4v) is 2.57. The zero-order chi connectivity index (χ0) is 12.1. The van der Waals surface area contributed by atoms with Crippen molar-refractivity contribution in [1.82, 2.24) is 4.98 Å². The predicted molar refractivity (Wildman–Crippen MR) is 70.9 cm³/mol. The van der Waals surface area contributed by atoms with Crippen molar-refractivity contribution in [2.75, 3.05) is 18.5 Å². The zero-order valence-electron chi connectivity index (χ0n) is 10.2. The van der Waals surface area contributed by atoms with Gasteiger partial charge in [-0.2, -0.15) is 4.98 Å². The molecule has 1 saturated carbocycles. The molecule has 0 radical (unpaired) electrons. The second-order valence-electron chi connectivity index (χ2n) is 4.45. The van der Waals surface area contributed by atoms with Crippen LogP contribution in [0.4, 0.5) is 5.82 Å². The van der Waals surface area contributed by atoms with Gasteiger partial charge in [0, 0.05) is 18.0 Å². The molecule has 1 fully saturated rings. The molecule has 0 saturated heterocycles. The maximum absolute atomic E-state index is 6.09. The lowest BCUT2D eigenvalue weighted by molar-refractivity contribution is 0.327. The Bertz CT molecular complexity index is 359. The third-order valence-electron chi connectivity index (χ3n) is 3.06. The van der Waals surface area contributed by atoms with Gasteiger partial charge in [-0.1, -0.05) is 6.07 Å². The Kier molecular flexibility index (Phi) is 4.49. The summed E-state index contributed by atoms with van der Waals surface area (Å²) in [4.78, 5) is 4.38. The zero-order valence-corrected chi connectivity index (χ0v) is 10.9. The van der Waals surface area contributed by atoms with Crippen molar-refractivity contribution >= 4 is 17.4 Å². The third kappa shape index (κ3) is 3.77. The van der Waals surface area contributed by atoms with Gasteiger partial charge < -0.3 is 10.1 Å². The Hall–Kier alpha value is -0.960. The predicted octanol–water partition coefficient (Wildman–Crippen LogP) is 3.30. The molecule has 1 aliphatic carbocycles. The van der Waals surface area contributed by atoms with Crippen LogP contribution in [0.15, 0.2) is 18.2 Å². The first kappa shape index (κ1) is 12.5. The SMILES string of the molecule is CCOc1cccc(NCC2CCC(Cl)C2)n1. The van der Waals surface area contributed by atoms with E-state index in [4.69, 9.17) is 16.3 Å². The Morgan fingerprint density at radius 3 is 3.06 bits per heavy atom. The van der Waals surface area contributed by atoms with E-state index in [2.05, 4.69) is 10.3 Å². The van der Waals surface area contributed by atoms with E-state index < -0.39 is 0 Å². The van der Waals surface area contributed by atoms with E-state index in [1.165, 1.54) is 6.42 Å². The number of pyridine rings is 1. The summed E-state index contributed by atoms with van der Waals surface area (Å²) in [7, 11) is 0. The number of halogens is 1. The largest absolute Gasteiger partial charge is 0.478 e. The molecule has 2 unspecified atom stereocenters. The molecule has 1 heterocycles. The third-order valence-corrected chi connectivity index (χ3v) is 3.46. The van der Waals surface area contributed by atoms with E-state index in [-0.39, 0.29) is 0 Å². The lowest BCUT2D eigenvalue weighted by Crippen LogP contribution is -2.12. The van der Waals surface area contributed by atoms with Crippen LogP contribution in [0.5, 0.6) is 5.88 Å². The van der Waals surface area contributed by atoms with Gasteiger partial charge in [0.2, 0.25) is 5.88 Å². The molecule has 3 nitrogen and oxygen atoms in total. The molecule has 0 amide bonds. The summed E-state index contributed by atoms with van der Waals surface area (Å²) >= 11 is 6.09. The number of hydrogen-bond acceptors (Lipinski definition) is 3. The van der Waals surface area contributed by atoms with Crippen molar-refractivity contribution in [1.29, 1.82) is 0 Å². The molecule has 1 aromatic heterocycles. The fraction of sp³-hybridized carbons (Fsp3) is 0.615. The maximum atomic E-state index is 6.09. The second kappa shape index (κ2) is 6.10. The molecule has 1 aromatic rings. The summed E-state index contributed by atoms with van der Waals surface area (Å²) in [5.74, 6) is 2.24. The molecular weight excluding hydrogens is 236 g/mol. The molecule has 0 aliphatic heterocycles. The average molecular weight is 255 g/mol. The Balaban J connectivity index is 1.83. The molecule has 0 bridgehead atoms. The number of ether oxygens (including phenoxy) is 1. The van der Waals surface area contributed by atoms with E-state index in [1.54, 1.807) is 0 Å². The smallest absolute Gasteiger partial charge is 0.215 e. The van der Waals surface area contributed by atoms with Crippen molar-refractivity contribution in [3.05, 3.63) is 18.2 Å². The van der Waals surface area contributed by atoms with E-state index in [9.17, 15) is 0 Å². The van der Waals surface area contributed by atoms with Crippen molar-refractivity contribution in [3.63, 3.8) is 0 Å². The number of nitrogens with zero attached hydrogens (tertiary/aromatic N) is 1. The number of hydrogen-bond donors (Lipinski definition) is 1. The van der Waals surface area contributed by atoms with Crippen molar-refractivity contribution in [2.45, 2.75) is 31.6 Å². The first-order valence-electron chi connectivity index (χ1n) is 6.25. The van der Waals surface area contributed by atoms with Gasteiger partial charge in [0.15, 0.2) is 0 Å². The molecule has 2 rings (SSSR count). The maximum Gasteiger partial charge on any atom is 0.215 e. The molecule has 2 atom stereocenters. The first-order chi connectivity index (χ1) is 8.28. The Labute approximate surface area is 108 Å². The van der Waals surface area contributed by atoms with E-state index >= 15 is 0 Å². The molecular formula is C13H19ClN2O. The van der Waals surface area contributed by atoms with Crippen LogP contribution in [-0.4, -0.2) is 23.5 Å². The summed E-state index contributed by atoms with van der Waals surface area (Å²) in [6, 6.07) is 5.80. The highest BCUT2D eigenvalue weighted by atomic mass is 35.5. The fourth-order valence-electron chi connectivity index (χ4n) is 2.19. The monoisotopic (exact) mass is 254 g/mol. The summed E-state index contributed by atoms with van der Waals surface area (Å²) in [5.41, 5.74) is 0. The summed E-state index contributed by atoms with van der Waals surface area (Å²) in [5, 5.41) is 3.72. The highest BCUT2D eigenvalue weighted by Gasteiger charge is 2.22. The number of alkyl halides is 1. The van der Waals surface area contributed by atoms with Crippen LogP contribution in [0.2, 0.25) is 0 Å². The minimum atomic E-state index is 0.365. The van der Waals surface area contributed by atoms with Crippen molar-refractivity contribution in [3.8, 4) is 5.88 Å². The van der Waals surface area contributed by atoms with Crippen LogP contribution in [0.1, 0.15) is 26.2 Å². The number of anilines is 1. The minimum absolute atomic E-state index is 0.365. The van der Waals surface area contributed by atoms with E-state index in [1.807, 2.05) is 25.1 Å². The quantitative estimate of drug-likeness (QED) is 0.819. The number of aromatic nitrogens is 1. The Morgan fingerprint density at radius 1 is 1.47 bits per heavy atom. The number of rotatable bonds is 5.